The van der Waals surface area contributed by atoms with Crippen LogP contribution in [0.2, 0.25) is 0 Å². The standard InChI is InChI=1S/C10H13N3/c1-4-7(2)12-10-6-5-9(11)8(3)13-10/h1,5-7H,11H2,2-3H3,(H,12,13). The Morgan fingerprint density at radius 3 is 2.85 bits per heavy atom. The molecule has 0 saturated carbocycles. The molecule has 68 valence electrons. The van der Waals surface area contributed by atoms with Crippen LogP contribution >= 0.6 is 0 Å². The van der Waals surface area contributed by atoms with E-state index in [4.69, 9.17) is 12.2 Å². The van der Waals surface area contributed by atoms with Gasteiger partial charge in [0.25, 0.3) is 0 Å². The number of hydrogen-bond acceptors (Lipinski definition) is 3. The number of aromatic nitrogens is 1. The fraction of sp³-hybridized carbons (Fsp3) is 0.300. The van der Waals surface area contributed by atoms with Crippen molar-refractivity contribution < 1.29 is 0 Å². The Hall–Kier alpha value is -1.69. The molecular formula is C10H13N3. The molecule has 1 rings (SSSR count). The lowest BCUT2D eigenvalue weighted by molar-refractivity contribution is 1.01. The van der Waals surface area contributed by atoms with Gasteiger partial charge in [0.15, 0.2) is 0 Å². The molecule has 1 atom stereocenters. The van der Waals surface area contributed by atoms with Crippen LogP contribution in [0.5, 0.6) is 0 Å². The number of hydrogen-bond donors (Lipinski definition) is 2. The van der Waals surface area contributed by atoms with Gasteiger partial charge in [-0.3, -0.25) is 0 Å². The summed E-state index contributed by atoms with van der Waals surface area (Å²) in [5, 5.41) is 3.06. The van der Waals surface area contributed by atoms with E-state index in [0.29, 0.717) is 5.69 Å². The molecule has 0 saturated heterocycles. The Balaban J connectivity index is 2.81. The van der Waals surface area contributed by atoms with Crippen molar-refractivity contribution in [3.63, 3.8) is 0 Å². The van der Waals surface area contributed by atoms with Gasteiger partial charge in [-0.1, -0.05) is 5.92 Å². The van der Waals surface area contributed by atoms with E-state index in [0.717, 1.165) is 11.5 Å². The molecular weight excluding hydrogens is 162 g/mol. The van der Waals surface area contributed by atoms with Crippen molar-refractivity contribution in [3.05, 3.63) is 17.8 Å². The fourth-order valence-corrected chi connectivity index (χ4v) is 0.916. The highest BCUT2D eigenvalue weighted by atomic mass is 15.0. The Kier molecular flexibility index (Phi) is 2.76. The predicted octanol–water partition coefficient (Wildman–Crippen LogP) is 1.41. The van der Waals surface area contributed by atoms with Crippen LogP contribution in [0.25, 0.3) is 0 Å². The first-order chi connectivity index (χ1) is 6.13. The zero-order chi connectivity index (χ0) is 9.84. The van der Waals surface area contributed by atoms with E-state index in [1.165, 1.54) is 0 Å². The maximum absolute atomic E-state index is 5.62. The molecule has 1 aromatic rings. The number of nitrogens with two attached hydrogens (primary N) is 1. The van der Waals surface area contributed by atoms with Crippen LogP contribution in [-0.4, -0.2) is 11.0 Å². The minimum Gasteiger partial charge on any atom is -0.397 e. The predicted molar refractivity (Wildman–Crippen MR) is 55.3 cm³/mol. The highest BCUT2D eigenvalue weighted by molar-refractivity contribution is 5.49. The summed E-state index contributed by atoms with van der Waals surface area (Å²) in [6, 6.07) is 3.61. The third-order valence-electron chi connectivity index (χ3n) is 1.74. The Morgan fingerprint density at radius 1 is 1.62 bits per heavy atom. The molecule has 0 bridgehead atoms. The molecule has 3 nitrogen and oxygen atoms in total. The van der Waals surface area contributed by atoms with Crippen LogP contribution in [0.1, 0.15) is 12.6 Å². The van der Waals surface area contributed by atoms with Gasteiger partial charge in [-0.15, -0.1) is 6.42 Å². The molecule has 1 aromatic heterocycles. The first-order valence-corrected chi connectivity index (χ1v) is 4.09. The summed E-state index contributed by atoms with van der Waals surface area (Å²) < 4.78 is 0. The average Bonchev–Trinajstić information content (AvgIpc) is 2.11. The van der Waals surface area contributed by atoms with Gasteiger partial charge in [-0.25, -0.2) is 4.98 Å². The first kappa shape index (κ1) is 9.40. The van der Waals surface area contributed by atoms with E-state index < -0.39 is 0 Å². The molecule has 1 heterocycles. The van der Waals surface area contributed by atoms with Gasteiger partial charge in [-0.05, 0) is 26.0 Å². The number of rotatable bonds is 2. The SMILES string of the molecule is C#CC(C)Nc1ccc(N)c(C)n1. The van der Waals surface area contributed by atoms with Crippen molar-refractivity contribution in [2.24, 2.45) is 0 Å². The van der Waals surface area contributed by atoms with Crippen LogP contribution < -0.4 is 11.1 Å². The van der Waals surface area contributed by atoms with E-state index in [1.54, 1.807) is 0 Å². The van der Waals surface area contributed by atoms with Gasteiger partial charge in [0.05, 0.1) is 17.4 Å². The zero-order valence-corrected chi connectivity index (χ0v) is 7.83. The van der Waals surface area contributed by atoms with Crippen molar-refractivity contribution in [2.45, 2.75) is 19.9 Å². The van der Waals surface area contributed by atoms with E-state index >= 15 is 0 Å². The molecule has 13 heavy (non-hydrogen) atoms. The molecule has 0 amide bonds. The minimum absolute atomic E-state index is 0.0180. The van der Waals surface area contributed by atoms with Crippen LogP contribution in [-0.2, 0) is 0 Å². The Labute approximate surface area is 78.4 Å². The lowest BCUT2D eigenvalue weighted by Gasteiger charge is -2.09. The molecule has 0 fully saturated rings. The first-order valence-electron chi connectivity index (χ1n) is 4.09. The maximum Gasteiger partial charge on any atom is 0.127 e. The molecule has 1 unspecified atom stereocenters. The summed E-state index contributed by atoms with van der Waals surface area (Å²) in [6.07, 6.45) is 5.22. The molecule has 3 heteroatoms. The van der Waals surface area contributed by atoms with E-state index in [-0.39, 0.29) is 6.04 Å². The van der Waals surface area contributed by atoms with E-state index in [9.17, 15) is 0 Å². The number of nitrogens with one attached hydrogen (secondary N) is 1. The third-order valence-corrected chi connectivity index (χ3v) is 1.74. The minimum atomic E-state index is -0.0180. The summed E-state index contributed by atoms with van der Waals surface area (Å²) in [5.74, 6) is 3.33. The largest absolute Gasteiger partial charge is 0.397 e. The van der Waals surface area contributed by atoms with Crippen LogP contribution in [0.15, 0.2) is 12.1 Å². The van der Waals surface area contributed by atoms with Gasteiger partial charge in [0.2, 0.25) is 0 Å². The van der Waals surface area contributed by atoms with Crippen molar-refractivity contribution in [1.29, 1.82) is 0 Å². The quantitative estimate of drug-likeness (QED) is 0.668. The summed E-state index contributed by atoms with van der Waals surface area (Å²) in [5.41, 5.74) is 7.13. The number of nitrogen functional groups attached to an aromatic ring is 1. The highest BCUT2D eigenvalue weighted by Crippen LogP contribution is 2.12. The van der Waals surface area contributed by atoms with Crippen molar-refractivity contribution in [3.8, 4) is 12.3 Å². The summed E-state index contributed by atoms with van der Waals surface area (Å²) >= 11 is 0. The second kappa shape index (κ2) is 3.81. The van der Waals surface area contributed by atoms with Crippen LogP contribution in [0, 0.1) is 19.3 Å². The number of anilines is 2. The number of nitrogens with zero attached hydrogens (tertiary/aromatic N) is 1. The van der Waals surface area contributed by atoms with Crippen molar-refractivity contribution in [1.82, 2.24) is 4.98 Å². The lowest BCUT2D eigenvalue weighted by atomic mass is 10.3. The van der Waals surface area contributed by atoms with Gasteiger partial charge in [0.1, 0.15) is 5.82 Å². The molecule has 0 radical (unpaired) electrons. The maximum atomic E-state index is 5.62. The smallest absolute Gasteiger partial charge is 0.127 e. The van der Waals surface area contributed by atoms with Crippen LogP contribution in [0.4, 0.5) is 11.5 Å². The lowest BCUT2D eigenvalue weighted by Crippen LogP contribution is -2.13. The summed E-state index contributed by atoms with van der Waals surface area (Å²) in [4.78, 5) is 4.23. The summed E-state index contributed by atoms with van der Waals surface area (Å²) in [6.45, 7) is 3.76. The van der Waals surface area contributed by atoms with Gasteiger partial charge >= 0.3 is 0 Å². The normalized spacial score (nSPS) is 11.8. The number of terminal acetylenes is 1. The molecule has 0 aliphatic heterocycles. The molecule has 0 aromatic carbocycles. The molecule has 0 aliphatic carbocycles. The third kappa shape index (κ3) is 2.38. The van der Waals surface area contributed by atoms with Crippen molar-refractivity contribution >= 4 is 11.5 Å². The number of aryl methyl sites for hydroxylation is 1. The monoisotopic (exact) mass is 175 g/mol. The topological polar surface area (TPSA) is 50.9 Å². The fourth-order valence-electron chi connectivity index (χ4n) is 0.916. The number of pyridine rings is 1. The second-order valence-corrected chi connectivity index (χ2v) is 2.90. The van der Waals surface area contributed by atoms with Gasteiger partial charge in [0, 0.05) is 0 Å². The van der Waals surface area contributed by atoms with Crippen molar-refractivity contribution in [2.75, 3.05) is 11.1 Å². The highest BCUT2D eigenvalue weighted by Gasteiger charge is 2.00. The van der Waals surface area contributed by atoms with Crippen LogP contribution in [0.3, 0.4) is 0 Å². The van der Waals surface area contributed by atoms with E-state index in [2.05, 4.69) is 16.2 Å². The second-order valence-electron chi connectivity index (χ2n) is 2.90. The van der Waals surface area contributed by atoms with Gasteiger partial charge in [-0.2, -0.15) is 0 Å². The zero-order valence-electron chi connectivity index (χ0n) is 7.83. The van der Waals surface area contributed by atoms with E-state index in [1.807, 2.05) is 26.0 Å². The Morgan fingerprint density at radius 2 is 2.31 bits per heavy atom. The van der Waals surface area contributed by atoms with Gasteiger partial charge < -0.3 is 11.1 Å². The summed E-state index contributed by atoms with van der Waals surface area (Å²) in [7, 11) is 0. The molecule has 3 N–H and O–H groups in total. The molecule has 0 spiro atoms. The average molecular weight is 175 g/mol. The molecule has 0 aliphatic rings. The Bertz CT molecular complexity index is 339.